The summed E-state index contributed by atoms with van der Waals surface area (Å²) in [4.78, 5) is 22.5. The van der Waals surface area contributed by atoms with E-state index in [0.717, 1.165) is 26.5 Å². The normalized spacial score (nSPS) is 19.4. The Bertz CT molecular complexity index is 1290. The Labute approximate surface area is 181 Å². The Kier molecular flexibility index (Phi) is 5.10. The van der Waals surface area contributed by atoms with Crippen molar-refractivity contribution < 1.29 is 9.84 Å². The average Bonchev–Trinajstić information content (AvgIpc) is 2.77. The molecule has 0 saturated carbocycles. The highest BCUT2D eigenvalue weighted by Gasteiger charge is 2.27. The van der Waals surface area contributed by atoms with Crippen molar-refractivity contribution in [2.75, 3.05) is 13.2 Å². The van der Waals surface area contributed by atoms with E-state index in [1.165, 1.54) is 0 Å². The van der Waals surface area contributed by atoms with Crippen molar-refractivity contribution in [2.45, 2.75) is 25.0 Å². The second-order valence-electron chi connectivity index (χ2n) is 7.58. The number of nitrogens with zero attached hydrogens (tertiary/aromatic N) is 3. The van der Waals surface area contributed by atoms with E-state index in [9.17, 15) is 9.90 Å². The van der Waals surface area contributed by atoms with Crippen LogP contribution < -0.4 is 5.56 Å². The first-order valence-corrected chi connectivity index (χ1v) is 10.7. The largest absolute Gasteiger partial charge is 0.389 e. The molecular formula is C23H20BrN3O3. The van der Waals surface area contributed by atoms with Gasteiger partial charge in [-0.25, -0.2) is 4.98 Å². The minimum absolute atomic E-state index is 0.137. The van der Waals surface area contributed by atoms with Crippen molar-refractivity contribution in [2.24, 2.45) is 0 Å². The number of hydrogen-bond acceptors (Lipinski definition) is 5. The molecule has 0 amide bonds. The van der Waals surface area contributed by atoms with Gasteiger partial charge in [0.1, 0.15) is 0 Å². The maximum atomic E-state index is 13.4. The van der Waals surface area contributed by atoms with E-state index < -0.39 is 6.10 Å². The van der Waals surface area contributed by atoms with Crippen LogP contribution in [0, 0.1) is 0 Å². The van der Waals surface area contributed by atoms with Gasteiger partial charge in [0.2, 0.25) is 0 Å². The molecule has 0 unspecified atom stereocenters. The molecule has 1 aliphatic rings. The van der Waals surface area contributed by atoms with Gasteiger partial charge < -0.3 is 9.84 Å². The number of benzene rings is 2. The lowest BCUT2D eigenvalue weighted by Gasteiger charge is -2.29. The minimum atomic E-state index is -0.720. The van der Waals surface area contributed by atoms with Gasteiger partial charge in [-0.05, 0) is 51.5 Å². The maximum absolute atomic E-state index is 13.4. The van der Waals surface area contributed by atoms with E-state index in [4.69, 9.17) is 4.74 Å². The number of halogens is 1. The van der Waals surface area contributed by atoms with Gasteiger partial charge in [-0.15, -0.1) is 0 Å². The highest BCUT2D eigenvalue weighted by Crippen LogP contribution is 2.28. The maximum Gasteiger partial charge on any atom is 0.261 e. The summed E-state index contributed by atoms with van der Waals surface area (Å²) < 4.78 is 7.81. The van der Waals surface area contributed by atoms with Crippen molar-refractivity contribution in [3.8, 4) is 0 Å². The second-order valence-corrected chi connectivity index (χ2v) is 8.49. The van der Waals surface area contributed by atoms with Gasteiger partial charge in [-0.1, -0.05) is 24.3 Å². The minimum Gasteiger partial charge on any atom is -0.389 e. The third kappa shape index (κ3) is 3.43. The molecule has 152 valence electrons. The van der Waals surface area contributed by atoms with Crippen LogP contribution in [0.5, 0.6) is 0 Å². The van der Waals surface area contributed by atoms with E-state index in [1.807, 2.05) is 36.4 Å². The zero-order chi connectivity index (χ0) is 20.7. The van der Waals surface area contributed by atoms with E-state index in [-0.39, 0.29) is 18.2 Å². The second kappa shape index (κ2) is 7.91. The number of aliphatic hydroxyl groups is 1. The summed E-state index contributed by atoms with van der Waals surface area (Å²) in [6, 6.07) is 13.5. The molecule has 0 aliphatic carbocycles. The molecule has 1 N–H and O–H groups in total. The van der Waals surface area contributed by atoms with Crippen molar-refractivity contribution in [1.82, 2.24) is 14.5 Å². The summed E-state index contributed by atoms with van der Waals surface area (Å²) in [5.41, 5.74) is 2.49. The monoisotopic (exact) mass is 465 g/mol. The zero-order valence-electron chi connectivity index (χ0n) is 16.2. The predicted octanol–water partition coefficient (Wildman–Crippen LogP) is 3.62. The molecule has 0 radical (unpaired) electrons. The molecule has 30 heavy (non-hydrogen) atoms. The molecule has 3 heterocycles. The van der Waals surface area contributed by atoms with Crippen molar-refractivity contribution in [1.29, 1.82) is 0 Å². The number of rotatable bonds is 3. The first-order valence-electron chi connectivity index (χ1n) is 9.89. The van der Waals surface area contributed by atoms with Gasteiger partial charge in [-0.3, -0.25) is 14.3 Å². The van der Waals surface area contributed by atoms with Crippen molar-refractivity contribution in [3.63, 3.8) is 0 Å². The molecular weight excluding hydrogens is 446 g/mol. The van der Waals surface area contributed by atoms with E-state index in [1.54, 1.807) is 17.1 Å². The molecule has 5 rings (SSSR count). The highest BCUT2D eigenvalue weighted by atomic mass is 79.9. The number of pyridine rings is 1. The number of fused-ring (bicyclic) bond motifs is 3. The number of aromatic nitrogens is 3. The van der Waals surface area contributed by atoms with Gasteiger partial charge in [-0.2, -0.15) is 0 Å². The van der Waals surface area contributed by atoms with Gasteiger partial charge in [0.25, 0.3) is 5.56 Å². The average molecular weight is 466 g/mol. The molecule has 7 heteroatoms. The SMILES string of the molecule is O=c1c2cc(Cc3ccc(Br)cn3)c3ccccc3c2ncn1[C@H]1CCOC[C@@H]1O. The van der Waals surface area contributed by atoms with Crippen LogP contribution in [0.15, 0.2) is 64.3 Å². The third-order valence-electron chi connectivity index (χ3n) is 5.69. The fourth-order valence-corrected chi connectivity index (χ4v) is 4.41. The van der Waals surface area contributed by atoms with Gasteiger partial charge in [0.15, 0.2) is 0 Å². The van der Waals surface area contributed by atoms with Crippen LogP contribution in [0.2, 0.25) is 0 Å². The summed E-state index contributed by atoms with van der Waals surface area (Å²) in [5.74, 6) is 0. The fraction of sp³-hybridized carbons (Fsp3) is 0.261. The number of aliphatic hydroxyl groups excluding tert-OH is 1. The Morgan fingerprint density at radius 3 is 2.73 bits per heavy atom. The van der Waals surface area contributed by atoms with Crippen LogP contribution in [0.25, 0.3) is 21.7 Å². The van der Waals surface area contributed by atoms with Crippen LogP contribution in [0.3, 0.4) is 0 Å². The molecule has 2 atom stereocenters. The predicted molar refractivity (Wildman–Crippen MR) is 119 cm³/mol. The van der Waals surface area contributed by atoms with Crippen LogP contribution in [0.4, 0.5) is 0 Å². The Hall–Kier alpha value is -2.61. The quantitative estimate of drug-likeness (QED) is 0.467. The number of hydrogen-bond donors (Lipinski definition) is 1. The summed E-state index contributed by atoms with van der Waals surface area (Å²) in [6.45, 7) is 0.748. The fourth-order valence-electron chi connectivity index (χ4n) is 4.17. The Morgan fingerprint density at radius 2 is 1.97 bits per heavy atom. The molecule has 2 aromatic heterocycles. The standard InChI is InChI=1S/C23H20BrN3O3/c24-15-5-6-16(25-11-15)9-14-10-19-22(18-4-2-1-3-17(14)18)26-13-27(23(19)29)20-7-8-30-12-21(20)28/h1-6,10-11,13,20-21,28H,7-9,12H2/t20-,21-/m0/s1. The zero-order valence-corrected chi connectivity index (χ0v) is 17.7. The summed E-state index contributed by atoms with van der Waals surface area (Å²) in [5, 5.41) is 12.9. The first-order chi connectivity index (χ1) is 14.6. The van der Waals surface area contributed by atoms with Crippen LogP contribution >= 0.6 is 15.9 Å². The van der Waals surface area contributed by atoms with Gasteiger partial charge in [0, 0.05) is 34.8 Å². The molecule has 1 saturated heterocycles. The summed E-state index contributed by atoms with van der Waals surface area (Å²) in [6.07, 6.45) is 3.81. The highest BCUT2D eigenvalue weighted by molar-refractivity contribution is 9.10. The summed E-state index contributed by atoms with van der Waals surface area (Å²) in [7, 11) is 0. The Morgan fingerprint density at radius 1 is 1.13 bits per heavy atom. The molecule has 0 bridgehead atoms. The smallest absolute Gasteiger partial charge is 0.261 e. The van der Waals surface area contributed by atoms with Crippen LogP contribution in [-0.4, -0.2) is 39.0 Å². The molecule has 1 aliphatic heterocycles. The molecule has 2 aromatic carbocycles. The topological polar surface area (TPSA) is 77.2 Å². The lowest BCUT2D eigenvalue weighted by molar-refractivity contribution is -0.0395. The van der Waals surface area contributed by atoms with Crippen molar-refractivity contribution in [3.05, 3.63) is 81.1 Å². The number of ether oxygens (including phenoxy) is 1. The lowest BCUT2D eigenvalue weighted by atomic mass is 9.97. The van der Waals surface area contributed by atoms with E-state index in [2.05, 4.69) is 32.0 Å². The molecule has 0 spiro atoms. The molecule has 1 fully saturated rings. The van der Waals surface area contributed by atoms with E-state index >= 15 is 0 Å². The summed E-state index contributed by atoms with van der Waals surface area (Å²) >= 11 is 3.42. The van der Waals surface area contributed by atoms with Crippen molar-refractivity contribution >= 4 is 37.6 Å². The molecule has 4 aromatic rings. The van der Waals surface area contributed by atoms with Gasteiger partial charge >= 0.3 is 0 Å². The van der Waals surface area contributed by atoms with Crippen LogP contribution in [-0.2, 0) is 11.2 Å². The Balaban J connectivity index is 1.70. The third-order valence-corrected chi connectivity index (χ3v) is 6.16. The molecule has 6 nitrogen and oxygen atoms in total. The van der Waals surface area contributed by atoms with Crippen LogP contribution in [0.1, 0.15) is 23.7 Å². The first kappa shape index (κ1) is 19.4. The van der Waals surface area contributed by atoms with Gasteiger partial charge in [0.05, 0.1) is 36.0 Å². The van der Waals surface area contributed by atoms with E-state index in [0.29, 0.717) is 30.4 Å². The lowest BCUT2D eigenvalue weighted by Crippen LogP contribution is -2.39.